The summed E-state index contributed by atoms with van der Waals surface area (Å²) in [5.74, 6) is 0.00210. The Bertz CT molecular complexity index is 958. The summed E-state index contributed by atoms with van der Waals surface area (Å²) in [6, 6.07) is 6.41. The van der Waals surface area contributed by atoms with Gasteiger partial charge in [0.15, 0.2) is 6.61 Å². The Morgan fingerprint density at radius 2 is 2.15 bits per heavy atom. The van der Waals surface area contributed by atoms with Gasteiger partial charge in [-0.3, -0.25) is 19.3 Å². The fourth-order valence-electron chi connectivity index (χ4n) is 3.14. The lowest BCUT2D eigenvalue weighted by molar-refractivity contribution is -0.132. The van der Waals surface area contributed by atoms with Gasteiger partial charge in [-0.05, 0) is 18.2 Å². The number of amides is 2. The van der Waals surface area contributed by atoms with Crippen molar-refractivity contribution in [3.8, 4) is 5.75 Å². The van der Waals surface area contributed by atoms with Gasteiger partial charge in [0.25, 0.3) is 11.5 Å². The Hall–Kier alpha value is -2.87. The number of benzene rings is 1. The number of hydrogen-bond donors (Lipinski definition) is 1. The monoisotopic (exact) mass is 374 g/mol. The lowest BCUT2D eigenvalue weighted by Gasteiger charge is -2.33. The minimum absolute atomic E-state index is 0.110. The van der Waals surface area contributed by atoms with Crippen molar-refractivity contribution < 1.29 is 14.3 Å². The first kappa shape index (κ1) is 16.6. The van der Waals surface area contributed by atoms with Gasteiger partial charge in [0.2, 0.25) is 5.91 Å². The van der Waals surface area contributed by atoms with Gasteiger partial charge >= 0.3 is 0 Å². The van der Waals surface area contributed by atoms with Gasteiger partial charge in [-0.2, -0.15) is 5.10 Å². The lowest BCUT2D eigenvalue weighted by Crippen LogP contribution is -2.47. The van der Waals surface area contributed by atoms with Crippen LogP contribution in [0.15, 0.2) is 29.1 Å². The van der Waals surface area contributed by atoms with E-state index in [0.717, 1.165) is 11.3 Å². The van der Waals surface area contributed by atoms with E-state index in [1.807, 2.05) is 0 Å². The molecule has 9 heteroatoms. The molecule has 0 saturated heterocycles. The van der Waals surface area contributed by atoms with Gasteiger partial charge in [0.1, 0.15) is 12.3 Å². The number of aromatic amines is 1. The molecule has 0 bridgehead atoms. The summed E-state index contributed by atoms with van der Waals surface area (Å²) in [6.45, 7) is 0.545. The number of ether oxygens (including phenoxy) is 1. The highest BCUT2D eigenvalue weighted by molar-refractivity contribution is 6.31. The first-order valence-electron chi connectivity index (χ1n) is 8.09. The molecule has 0 atom stereocenters. The Labute approximate surface area is 153 Å². The summed E-state index contributed by atoms with van der Waals surface area (Å²) < 4.78 is 5.39. The van der Waals surface area contributed by atoms with Crippen molar-refractivity contribution in [3.63, 3.8) is 0 Å². The van der Waals surface area contributed by atoms with Crippen LogP contribution in [0.2, 0.25) is 5.02 Å². The number of fused-ring (bicyclic) bond motifs is 2. The molecule has 0 radical (unpaired) electrons. The summed E-state index contributed by atoms with van der Waals surface area (Å²) in [6.07, 6.45) is 0.553. The number of hydrogen-bond acceptors (Lipinski definition) is 5. The molecule has 2 amide bonds. The van der Waals surface area contributed by atoms with E-state index >= 15 is 0 Å². The Morgan fingerprint density at radius 3 is 3.00 bits per heavy atom. The molecule has 1 N–H and O–H groups in total. The molecule has 0 fully saturated rings. The Balaban J connectivity index is 1.55. The van der Waals surface area contributed by atoms with Crippen LogP contribution >= 0.6 is 11.6 Å². The topological polar surface area (TPSA) is 95.6 Å². The molecule has 2 aliphatic rings. The molecule has 3 heterocycles. The fourth-order valence-corrected chi connectivity index (χ4v) is 3.31. The number of aromatic nitrogens is 2. The van der Waals surface area contributed by atoms with E-state index in [0.29, 0.717) is 36.0 Å². The van der Waals surface area contributed by atoms with Crippen LogP contribution in [-0.2, 0) is 22.6 Å². The van der Waals surface area contributed by atoms with Gasteiger partial charge in [0, 0.05) is 36.2 Å². The SMILES string of the molecule is O=C(CN1C(=O)COc2ccc(Cl)cc21)N1CCc2n[nH]c(=O)cc2C1. The Kier molecular flexibility index (Phi) is 4.12. The van der Waals surface area contributed by atoms with Crippen LogP contribution < -0.4 is 15.2 Å². The molecule has 1 aromatic carbocycles. The number of nitrogens with zero attached hydrogens (tertiary/aromatic N) is 3. The first-order valence-corrected chi connectivity index (χ1v) is 8.47. The van der Waals surface area contributed by atoms with Crippen LogP contribution in [0.5, 0.6) is 5.75 Å². The number of carbonyl (C=O) groups is 2. The zero-order chi connectivity index (χ0) is 18.3. The van der Waals surface area contributed by atoms with Crippen LogP contribution in [0.1, 0.15) is 11.3 Å². The lowest BCUT2D eigenvalue weighted by atomic mass is 10.1. The van der Waals surface area contributed by atoms with Crippen LogP contribution in [0.4, 0.5) is 5.69 Å². The van der Waals surface area contributed by atoms with Gasteiger partial charge < -0.3 is 9.64 Å². The van der Waals surface area contributed by atoms with E-state index in [4.69, 9.17) is 16.3 Å². The third-order valence-corrected chi connectivity index (χ3v) is 4.70. The predicted octanol–water partition coefficient (Wildman–Crippen LogP) is 0.734. The fraction of sp³-hybridized carbons (Fsp3) is 0.294. The highest BCUT2D eigenvalue weighted by Crippen LogP contribution is 2.34. The third kappa shape index (κ3) is 3.03. The third-order valence-electron chi connectivity index (χ3n) is 4.47. The molecule has 134 valence electrons. The summed E-state index contributed by atoms with van der Waals surface area (Å²) in [7, 11) is 0. The summed E-state index contributed by atoms with van der Waals surface area (Å²) in [4.78, 5) is 39.5. The maximum absolute atomic E-state index is 12.8. The molecule has 0 saturated carbocycles. The average Bonchev–Trinajstić information content (AvgIpc) is 2.63. The van der Waals surface area contributed by atoms with Gasteiger partial charge in [0.05, 0.1) is 11.4 Å². The van der Waals surface area contributed by atoms with Crippen molar-refractivity contribution in [2.45, 2.75) is 13.0 Å². The van der Waals surface area contributed by atoms with E-state index < -0.39 is 0 Å². The highest BCUT2D eigenvalue weighted by atomic mass is 35.5. The molecule has 0 aliphatic carbocycles. The van der Waals surface area contributed by atoms with Crippen molar-refractivity contribution >= 4 is 29.1 Å². The quantitative estimate of drug-likeness (QED) is 0.836. The Morgan fingerprint density at radius 1 is 1.31 bits per heavy atom. The molecule has 2 aliphatic heterocycles. The normalized spacial score (nSPS) is 16.0. The number of H-pyrrole nitrogens is 1. The second-order valence-corrected chi connectivity index (χ2v) is 6.59. The molecular weight excluding hydrogens is 360 g/mol. The molecule has 2 aromatic rings. The van der Waals surface area contributed by atoms with E-state index in [1.54, 1.807) is 23.1 Å². The van der Waals surface area contributed by atoms with E-state index in [1.165, 1.54) is 11.0 Å². The smallest absolute Gasteiger partial charge is 0.265 e. The summed E-state index contributed by atoms with van der Waals surface area (Å²) >= 11 is 6.02. The van der Waals surface area contributed by atoms with Crippen molar-refractivity contribution in [1.29, 1.82) is 0 Å². The number of nitrogens with one attached hydrogen (secondary N) is 1. The molecular formula is C17H15ClN4O4. The second-order valence-electron chi connectivity index (χ2n) is 6.15. The number of anilines is 1. The minimum atomic E-state index is -0.302. The summed E-state index contributed by atoms with van der Waals surface area (Å²) in [5.41, 5.74) is 1.70. The molecule has 8 nitrogen and oxygen atoms in total. The standard InChI is InChI=1S/C17H15ClN4O4/c18-11-1-2-14-13(6-11)22(17(25)9-26-14)8-16(24)21-4-3-12-10(7-21)5-15(23)20-19-12/h1-2,5-6H,3-4,7-9H2,(H,20,23). The highest BCUT2D eigenvalue weighted by Gasteiger charge is 2.30. The molecule has 1 aromatic heterocycles. The largest absolute Gasteiger partial charge is 0.482 e. The molecule has 4 rings (SSSR count). The zero-order valence-corrected chi connectivity index (χ0v) is 14.5. The van der Waals surface area contributed by atoms with Crippen LogP contribution in [0, 0.1) is 0 Å². The molecule has 0 unspecified atom stereocenters. The van der Waals surface area contributed by atoms with Crippen LogP contribution in [-0.4, -0.2) is 46.6 Å². The van der Waals surface area contributed by atoms with Crippen LogP contribution in [0.3, 0.4) is 0 Å². The predicted molar refractivity (Wildman–Crippen MR) is 93.3 cm³/mol. The van der Waals surface area contributed by atoms with E-state index in [2.05, 4.69) is 10.2 Å². The first-order chi connectivity index (χ1) is 12.5. The van der Waals surface area contributed by atoms with Crippen molar-refractivity contribution in [3.05, 3.63) is 50.9 Å². The molecule has 0 spiro atoms. The average molecular weight is 375 g/mol. The number of carbonyl (C=O) groups excluding carboxylic acids is 2. The van der Waals surface area contributed by atoms with Crippen molar-refractivity contribution in [2.24, 2.45) is 0 Å². The zero-order valence-electron chi connectivity index (χ0n) is 13.7. The minimum Gasteiger partial charge on any atom is -0.482 e. The second kappa shape index (κ2) is 6.45. The maximum Gasteiger partial charge on any atom is 0.265 e. The number of rotatable bonds is 2. The summed E-state index contributed by atoms with van der Waals surface area (Å²) in [5, 5.41) is 6.87. The van der Waals surface area contributed by atoms with E-state index in [-0.39, 0.29) is 30.5 Å². The van der Waals surface area contributed by atoms with E-state index in [9.17, 15) is 14.4 Å². The number of halogens is 1. The maximum atomic E-state index is 12.8. The van der Waals surface area contributed by atoms with Crippen LogP contribution in [0.25, 0.3) is 0 Å². The van der Waals surface area contributed by atoms with Gasteiger partial charge in [-0.1, -0.05) is 11.6 Å². The van der Waals surface area contributed by atoms with Crippen molar-refractivity contribution in [1.82, 2.24) is 15.1 Å². The van der Waals surface area contributed by atoms with Gasteiger partial charge in [-0.15, -0.1) is 0 Å². The van der Waals surface area contributed by atoms with Gasteiger partial charge in [-0.25, -0.2) is 5.10 Å². The van der Waals surface area contributed by atoms with Crippen molar-refractivity contribution in [2.75, 3.05) is 24.6 Å². The molecule has 26 heavy (non-hydrogen) atoms.